The van der Waals surface area contributed by atoms with Crippen LogP contribution >= 0.6 is 28.3 Å². The molecule has 0 saturated carbocycles. The molecule has 1 amide bonds. The Balaban J connectivity index is 0.00000144. The minimum absolute atomic E-state index is 0. The number of hydrazine groups is 1. The molecule has 0 aromatic heterocycles. The van der Waals surface area contributed by atoms with Crippen molar-refractivity contribution < 1.29 is 4.79 Å². The lowest BCUT2D eigenvalue weighted by Gasteiger charge is -2.04. The van der Waals surface area contributed by atoms with Crippen LogP contribution in [0, 0.1) is 6.92 Å². The molecule has 3 N–H and O–H groups in total. The first-order valence-corrected chi connectivity index (χ1v) is 4.22. The van der Waals surface area contributed by atoms with E-state index in [1.165, 1.54) is 0 Å². The third kappa shape index (κ3) is 2.69. The fourth-order valence-corrected chi connectivity index (χ4v) is 1.30. The van der Waals surface area contributed by atoms with Crippen molar-refractivity contribution in [2.75, 3.05) is 0 Å². The molecule has 1 aromatic rings. The molecule has 0 spiro atoms. The van der Waals surface area contributed by atoms with Gasteiger partial charge in [-0.2, -0.15) is 0 Å². The Morgan fingerprint density at radius 3 is 2.69 bits per heavy atom. The quantitative estimate of drug-likeness (QED) is 0.462. The second-order valence-corrected chi connectivity index (χ2v) is 3.24. The molecule has 0 aliphatic heterocycles. The van der Waals surface area contributed by atoms with Gasteiger partial charge in [0.15, 0.2) is 0 Å². The van der Waals surface area contributed by atoms with Crippen molar-refractivity contribution in [2.45, 2.75) is 6.92 Å². The molecular weight excluding hydrogens is 255 g/mol. The highest BCUT2D eigenvalue weighted by atomic mass is 79.9. The predicted octanol–water partition coefficient (Wildman–Crippen LogP) is 1.78. The summed E-state index contributed by atoms with van der Waals surface area (Å²) in [6.45, 7) is 1.86. The molecule has 0 unspecified atom stereocenters. The number of hydrogen-bond acceptors (Lipinski definition) is 2. The highest BCUT2D eigenvalue weighted by Crippen LogP contribution is 2.18. The van der Waals surface area contributed by atoms with E-state index in [0.29, 0.717) is 5.56 Å². The zero-order valence-electron chi connectivity index (χ0n) is 7.00. The minimum atomic E-state index is -0.270. The SMILES string of the molecule is Cc1c(Br)cccc1C(=O)NN.Cl. The summed E-state index contributed by atoms with van der Waals surface area (Å²) >= 11 is 3.32. The van der Waals surface area contributed by atoms with E-state index in [0.717, 1.165) is 10.0 Å². The summed E-state index contributed by atoms with van der Waals surface area (Å²) in [4.78, 5) is 11.1. The van der Waals surface area contributed by atoms with Gasteiger partial charge < -0.3 is 0 Å². The summed E-state index contributed by atoms with van der Waals surface area (Å²) in [6, 6.07) is 5.40. The summed E-state index contributed by atoms with van der Waals surface area (Å²) < 4.78 is 0.906. The predicted molar refractivity (Wildman–Crippen MR) is 57.8 cm³/mol. The molecule has 0 atom stereocenters. The monoisotopic (exact) mass is 264 g/mol. The first-order valence-electron chi connectivity index (χ1n) is 3.43. The molecule has 13 heavy (non-hydrogen) atoms. The van der Waals surface area contributed by atoms with Gasteiger partial charge in [-0.3, -0.25) is 10.2 Å². The van der Waals surface area contributed by atoms with Crippen LogP contribution in [0.15, 0.2) is 22.7 Å². The first-order chi connectivity index (χ1) is 5.66. The molecule has 0 heterocycles. The smallest absolute Gasteiger partial charge is 0.265 e. The van der Waals surface area contributed by atoms with Gasteiger partial charge in [0.05, 0.1) is 0 Å². The Labute approximate surface area is 91.2 Å². The second-order valence-electron chi connectivity index (χ2n) is 2.39. The Bertz CT molecular complexity index is 317. The maximum Gasteiger partial charge on any atom is 0.265 e. The zero-order valence-corrected chi connectivity index (χ0v) is 9.41. The number of halogens is 2. The molecule has 0 aliphatic rings. The van der Waals surface area contributed by atoms with E-state index in [1.807, 2.05) is 13.0 Å². The van der Waals surface area contributed by atoms with Crippen molar-refractivity contribution in [2.24, 2.45) is 5.84 Å². The number of carbonyl (C=O) groups is 1. The summed E-state index contributed by atoms with van der Waals surface area (Å²) in [5.41, 5.74) is 3.57. The fraction of sp³-hybridized carbons (Fsp3) is 0.125. The Hall–Kier alpha value is -0.580. The van der Waals surface area contributed by atoms with Crippen molar-refractivity contribution >= 4 is 34.2 Å². The van der Waals surface area contributed by atoms with Gasteiger partial charge in [0, 0.05) is 10.0 Å². The molecule has 3 nitrogen and oxygen atoms in total. The van der Waals surface area contributed by atoms with E-state index in [1.54, 1.807) is 12.1 Å². The summed E-state index contributed by atoms with van der Waals surface area (Å²) in [7, 11) is 0. The number of carbonyl (C=O) groups excluding carboxylic acids is 1. The lowest BCUT2D eigenvalue weighted by molar-refractivity contribution is 0.0953. The van der Waals surface area contributed by atoms with E-state index < -0.39 is 0 Å². The molecule has 1 aromatic carbocycles. The number of benzene rings is 1. The minimum Gasteiger partial charge on any atom is -0.290 e. The largest absolute Gasteiger partial charge is 0.290 e. The topological polar surface area (TPSA) is 55.1 Å². The van der Waals surface area contributed by atoms with E-state index in [9.17, 15) is 4.79 Å². The average molecular weight is 266 g/mol. The van der Waals surface area contributed by atoms with Crippen LogP contribution in [0.5, 0.6) is 0 Å². The second kappa shape index (κ2) is 5.21. The lowest BCUT2D eigenvalue weighted by atomic mass is 10.1. The van der Waals surface area contributed by atoms with Crippen LogP contribution in [0.1, 0.15) is 15.9 Å². The van der Waals surface area contributed by atoms with Crippen LogP contribution in [0.3, 0.4) is 0 Å². The van der Waals surface area contributed by atoms with Gasteiger partial charge in [-0.25, -0.2) is 5.84 Å². The van der Waals surface area contributed by atoms with Crippen LogP contribution in [-0.4, -0.2) is 5.91 Å². The normalized spacial score (nSPS) is 8.85. The van der Waals surface area contributed by atoms with Crippen molar-refractivity contribution in [1.29, 1.82) is 0 Å². The van der Waals surface area contributed by atoms with Crippen molar-refractivity contribution in [3.63, 3.8) is 0 Å². The van der Waals surface area contributed by atoms with Crippen LogP contribution in [0.25, 0.3) is 0 Å². The van der Waals surface area contributed by atoms with Gasteiger partial charge in [-0.15, -0.1) is 12.4 Å². The van der Waals surface area contributed by atoms with Gasteiger partial charge >= 0.3 is 0 Å². The molecule has 1 rings (SSSR count). The van der Waals surface area contributed by atoms with Gasteiger partial charge in [0.1, 0.15) is 0 Å². The first kappa shape index (κ1) is 12.4. The zero-order chi connectivity index (χ0) is 9.14. The molecule has 5 heteroatoms. The lowest BCUT2D eigenvalue weighted by Crippen LogP contribution is -2.30. The molecule has 0 fully saturated rings. The third-order valence-corrected chi connectivity index (χ3v) is 2.50. The summed E-state index contributed by atoms with van der Waals surface area (Å²) in [6.07, 6.45) is 0. The molecule has 0 bridgehead atoms. The van der Waals surface area contributed by atoms with Crippen molar-refractivity contribution in [1.82, 2.24) is 5.43 Å². The number of nitrogen functional groups attached to an aromatic ring is 1. The Morgan fingerprint density at radius 2 is 2.15 bits per heavy atom. The Morgan fingerprint density at radius 1 is 1.54 bits per heavy atom. The molecule has 0 saturated heterocycles. The van der Waals surface area contributed by atoms with Crippen LogP contribution < -0.4 is 11.3 Å². The van der Waals surface area contributed by atoms with E-state index in [4.69, 9.17) is 5.84 Å². The van der Waals surface area contributed by atoms with Crippen LogP contribution in [0.2, 0.25) is 0 Å². The molecule has 72 valence electrons. The maximum atomic E-state index is 11.1. The standard InChI is InChI=1S/C8H9BrN2O.ClH/c1-5-6(8(12)11-10)3-2-4-7(5)9;/h2-4H,10H2,1H3,(H,11,12);1H. The molecule has 0 radical (unpaired) electrons. The van der Waals surface area contributed by atoms with E-state index in [2.05, 4.69) is 21.4 Å². The highest BCUT2D eigenvalue weighted by molar-refractivity contribution is 9.10. The van der Waals surface area contributed by atoms with Gasteiger partial charge in [0.25, 0.3) is 5.91 Å². The number of hydrogen-bond donors (Lipinski definition) is 2. The van der Waals surface area contributed by atoms with E-state index >= 15 is 0 Å². The third-order valence-electron chi connectivity index (χ3n) is 1.64. The van der Waals surface area contributed by atoms with Crippen LogP contribution in [0.4, 0.5) is 0 Å². The number of nitrogens with two attached hydrogens (primary N) is 1. The highest BCUT2D eigenvalue weighted by Gasteiger charge is 2.07. The Kier molecular flexibility index (Phi) is 4.98. The number of nitrogens with one attached hydrogen (secondary N) is 1. The molecular formula is C8H10BrClN2O. The molecule has 0 aliphatic carbocycles. The average Bonchev–Trinajstić information content (AvgIpc) is 2.08. The van der Waals surface area contributed by atoms with Gasteiger partial charge in [0.2, 0.25) is 0 Å². The fourth-order valence-electron chi connectivity index (χ4n) is 0.931. The summed E-state index contributed by atoms with van der Waals surface area (Å²) in [5, 5.41) is 0. The van der Waals surface area contributed by atoms with Gasteiger partial charge in [-0.1, -0.05) is 22.0 Å². The summed E-state index contributed by atoms with van der Waals surface area (Å²) in [5.74, 6) is 4.74. The van der Waals surface area contributed by atoms with Gasteiger partial charge in [-0.05, 0) is 24.6 Å². The van der Waals surface area contributed by atoms with Crippen molar-refractivity contribution in [3.05, 3.63) is 33.8 Å². The maximum absolute atomic E-state index is 11.1. The number of rotatable bonds is 1. The van der Waals surface area contributed by atoms with E-state index in [-0.39, 0.29) is 18.3 Å². The number of amides is 1. The van der Waals surface area contributed by atoms with Crippen molar-refractivity contribution in [3.8, 4) is 0 Å². The van der Waals surface area contributed by atoms with Crippen LogP contribution in [-0.2, 0) is 0 Å².